The summed E-state index contributed by atoms with van der Waals surface area (Å²) in [5, 5.41) is 7.88. The van der Waals surface area contributed by atoms with Crippen LogP contribution in [-0.4, -0.2) is 50.2 Å². The third-order valence-corrected chi connectivity index (χ3v) is 6.23. The third-order valence-electron chi connectivity index (χ3n) is 4.34. The van der Waals surface area contributed by atoms with Gasteiger partial charge in [0.05, 0.1) is 19.1 Å². The molecule has 1 aromatic carbocycles. The van der Waals surface area contributed by atoms with Crippen molar-refractivity contribution in [3.05, 3.63) is 30.0 Å². The van der Waals surface area contributed by atoms with Gasteiger partial charge in [-0.05, 0) is 25.0 Å². The van der Waals surface area contributed by atoms with Crippen LogP contribution in [0.3, 0.4) is 0 Å². The van der Waals surface area contributed by atoms with Crippen molar-refractivity contribution in [2.75, 3.05) is 27.3 Å². The maximum absolute atomic E-state index is 12.9. The van der Waals surface area contributed by atoms with Gasteiger partial charge < -0.3 is 13.9 Å². The predicted molar refractivity (Wildman–Crippen MR) is 89.3 cm³/mol. The molecule has 3 rings (SSSR count). The molecule has 1 fully saturated rings. The first-order valence-corrected chi connectivity index (χ1v) is 9.42. The molecule has 0 N–H and O–H groups in total. The first-order valence-electron chi connectivity index (χ1n) is 7.98. The van der Waals surface area contributed by atoms with Gasteiger partial charge >= 0.3 is 0 Å². The summed E-state index contributed by atoms with van der Waals surface area (Å²) in [6.45, 7) is 2.55. The fourth-order valence-corrected chi connectivity index (χ4v) is 4.43. The second-order valence-corrected chi connectivity index (χ2v) is 7.79. The lowest BCUT2D eigenvalue weighted by atomic mass is 9.98. The molecule has 2 heterocycles. The highest BCUT2D eigenvalue weighted by atomic mass is 32.2. The molecule has 25 heavy (non-hydrogen) atoms. The SMILES string of the molecule is COc1ccc(S(=O)(=O)N2CCC(c3nnc(C)o3)CC2)cc1OC. The van der Waals surface area contributed by atoms with E-state index in [1.807, 2.05) is 0 Å². The van der Waals surface area contributed by atoms with Crippen molar-refractivity contribution in [3.63, 3.8) is 0 Å². The Morgan fingerprint density at radius 3 is 2.36 bits per heavy atom. The number of hydrogen-bond acceptors (Lipinski definition) is 7. The fourth-order valence-electron chi connectivity index (χ4n) is 2.95. The molecule has 1 aromatic heterocycles. The molecule has 8 nitrogen and oxygen atoms in total. The van der Waals surface area contributed by atoms with Crippen LogP contribution in [0.5, 0.6) is 11.5 Å². The lowest BCUT2D eigenvalue weighted by Crippen LogP contribution is -2.38. The minimum absolute atomic E-state index is 0.0954. The molecule has 2 aromatic rings. The monoisotopic (exact) mass is 367 g/mol. The average molecular weight is 367 g/mol. The van der Waals surface area contributed by atoms with Gasteiger partial charge in [-0.3, -0.25) is 0 Å². The highest BCUT2D eigenvalue weighted by molar-refractivity contribution is 7.89. The molecule has 0 spiro atoms. The van der Waals surface area contributed by atoms with Crippen molar-refractivity contribution >= 4 is 10.0 Å². The summed E-state index contributed by atoms with van der Waals surface area (Å²) in [7, 11) is -0.601. The van der Waals surface area contributed by atoms with E-state index in [-0.39, 0.29) is 10.8 Å². The summed E-state index contributed by atoms with van der Waals surface area (Å²) in [5.74, 6) is 2.08. The van der Waals surface area contributed by atoms with E-state index >= 15 is 0 Å². The first-order chi connectivity index (χ1) is 12.0. The zero-order valence-electron chi connectivity index (χ0n) is 14.4. The Kier molecular flexibility index (Phi) is 4.96. The Morgan fingerprint density at radius 1 is 1.12 bits per heavy atom. The molecule has 1 aliphatic rings. The number of nitrogens with zero attached hydrogens (tertiary/aromatic N) is 3. The number of methoxy groups -OCH3 is 2. The van der Waals surface area contributed by atoms with Crippen LogP contribution in [0.15, 0.2) is 27.5 Å². The van der Waals surface area contributed by atoms with Crippen LogP contribution >= 0.6 is 0 Å². The summed E-state index contributed by atoms with van der Waals surface area (Å²) in [6.07, 6.45) is 1.29. The Morgan fingerprint density at radius 2 is 1.80 bits per heavy atom. The standard InChI is InChI=1S/C16H21N3O5S/c1-11-17-18-16(24-11)12-6-8-19(9-7-12)25(20,21)13-4-5-14(22-2)15(10-13)23-3/h4-5,10,12H,6-9H2,1-3H3. The van der Waals surface area contributed by atoms with E-state index in [0.717, 1.165) is 0 Å². The van der Waals surface area contributed by atoms with Gasteiger partial charge in [0.25, 0.3) is 0 Å². The maximum Gasteiger partial charge on any atom is 0.243 e. The minimum Gasteiger partial charge on any atom is -0.493 e. The van der Waals surface area contributed by atoms with Crippen molar-refractivity contribution in [1.29, 1.82) is 0 Å². The van der Waals surface area contributed by atoms with Crippen LogP contribution < -0.4 is 9.47 Å². The van der Waals surface area contributed by atoms with Crippen molar-refractivity contribution in [1.82, 2.24) is 14.5 Å². The molecule has 0 amide bonds. The second kappa shape index (κ2) is 7.01. The van der Waals surface area contributed by atoms with Crippen molar-refractivity contribution in [2.45, 2.75) is 30.6 Å². The van der Waals surface area contributed by atoms with Crippen LogP contribution in [0.2, 0.25) is 0 Å². The molecule has 0 unspecified atom stereocenters. The minimum atomic E-state index is -3.59. The van der Waals surface area contributed by atoms with Gasteiger partial charge in [0.15, 0.2) is 11.5 Å². The Labute approximate surface area is 146 Å². The van der Waals surface area contributed by atoms with Crippen LogP contribution in [0.1, 0.15) is 30.5 Å². The first kappa shape index (κ1) is 17.7. The number of piperidine rings is 1. The van der Waals surface area contributed by atoms with Crippen LogP contribution in [-0.2, 0) is 10.0 Å². The molecular weight excluding hydrogens is 346 g/mol. The van der Waals surface area contributed by atoms with Gasteiger partial charge in [-0.1, -0.05) is 0 Å². The lowest BCUT2D eigenvalue weighted by Gasteiger charge is -2.29. The number of aryl methyl sites for hydroxylation is 1. The summed E-state index contributed by atoms with van der Waals surface area (Å²) >= 11 is 0. The zero-order valence-corrected chi connectivity index (χ0v) is 15.2. The predicted octanol–water partition coefficient (Wildman–Crippen LogP) is 1.96. The van der Waals surface area contributed by atoms with E-state index in [0.29, 0.717) is 49.2 Å². The molecule has 0 saturated carbocycles. The quantitative estimate of drug-likeness (QED) is 0.797. The third kappa shape index (κ3) is 3.47. The van der Waals surface area contributed by atoms with Crippen LogP contribution in [0, 0.1) is 6.92 Å². The topological polar surface area (TPSA) is 94.8 Å². The average Bonchev–Trinajstić information content (AvgIpc) is 3.07. The summed E-state index contributed by atoms with van der Waals surface area (Å²) in [5.41, 5.74) is 0. The highest BCUT2D eigenvalue weighted by Gasteiger charge is 2.32. The Hall–Kier alpha value is -2.13. The van der Waals surface area contributed by atoms with Gasteiger partial charge in [0.2, 0.25) is 21.8 Å². The van der Waals surface area contributed by atoms with Crippen molar-refractivity contribution < 1.29 is 22.3 Å². The molecule has 1 saturated heterocycles. The van der Waals surface area contributed by atoms with E-state index in [1.165, 1.54) is 30.7 Å². The Balaban J connectivity index is 1.75. The van der Waals surface area contributed by atoms with E-state index in [4.69, 9.17) is 13.9 Å². The molecule has 1 aliphatic heterocycles. The lowest BCUT2D eigenvalue weighted by molar-refractivity contribution is 0.287. The van der Waals surface area contributed by atoms with Gasteiger partial charge in [-0.2, -0.15) is 4.31 Å². The maximum atomic E-state index is 12.9. The molecule has 136 valence electrons. The molecule has 0 bridgehead atoms. The number of rotatable bonds is 5. The van der Waals surface area contributed by atoms with Gasteiger partial charge in [0.1, 0.15) is 0 Å². The molecular formula is C16H21N3O5S. The number of aromatic nitrogens is 2. The molecule has 9 heteroatoms. The smallest absolute Gasteiger partial charge is 0.243 e. The summed E-state index contributed by atoms with van der Waals surface area (Å²) < 4.78 is 43.1. The number of sulfonamides is 1. The molecule has 0 aliphatic carbocycles. The van der Waals surface area contributed by atoms with E-state index in [1.54, 1.807) is 13.0 Å². The van der Waals surface area contributed by atoms with Crippen LogP contribution in [0.4, 0.5) is 0 Å². The number of hydrogen-bond donors (Lipinski definition) is 0. The number of benzene rings is 1. The zero-order chi connectivity index (χ0) is 18.0. The van der Waals surface area contributed by atoms with Crippen molar-refractivity contribution in [2.24, 2.45) is 0 Å². The van der Waals surface area contributed by atoms with E-state index in [9.17, 15) is 8.42 Å². The van der Waals surface area contributed by atoms with E-state index in [2.05, 4.69) is 10.2 Å². The van der Waals surface area contributed by atoms with Crippen LogP contribution in [0.25, 0.3) is 0 Å². The molecule has 0 radical (unpaired) electrons. The Bertz CT molecular complexity index is 841. The fraction of sp³-hybridized carbons (Fsp3) is 0.500. The van der Waals surface area contributed by atoms with Gasteiger partial charge in [-0.15, -0.1) is 10.2 Å². The summed E-state index contributed by atoms with van der Waals surface area (Å²) in [4.78, 5) is 0.192. The molecule has 0 atom stereocenters. The van der Waals surface area contributed by atoms with Gasteiger partial charge in [-0.25, -0.2) is 8.42 Å². The van der Waals surface area contributed by atoms with E-state index < -0.39 is 10.0 Å². The van der Waals surface area contributed by atoms with Gasteiger partial charge in [0, 0.05) is 32.0 Å². The second-order valence-electron chi connectivity index (χ2n) is 5.85. The van der Waals surface area contributed by atoms with Crippen molar-refractivity contribution in [3.8, 4) is 11.5 Å². The number of ether oxygens (including phenoxy) is 2. The highest BCUT2D eigenvalue weighted by Crippen LogP contribution is 2.33. The largest absolute Gasteiger partial charge is 0.493 e. The normalized spacial score (nSPS) is 16.8. The summed E-state index contributed by atoms with van der Waals surface area (Å²) in [6, 6.07) is 4.62.